The molecule has 1 aromatic carbocycles. The van der Waals surface area contributed by atoms with Crippen LogP contribution in [0.2, 0.25) is 5.02 Å². The monoisotopic (exact) mass is 272 g/mol. The van der Waals surface area contributed by atoms with Crippen molar-refractivity contribution >= 4 is 17.3 Å². The van der Waals surface area contributed by atoms with Crippen LogP contribution in [0.5, 0.6) is 0 Å². The van der Waals surface area contributed by atoms with E-state index in [1.165, 1.54) is 12.1 Å². The molecule has 0 fully saturated rings. The van der Waals surface area contributed by atoms with E-state index in [4.69, 9.17) is 16.7 Å². The number of nitro groups is 1. The second-order valence-electron chi connectivity index (χ2n) is 3.99. The number of halogens is 1. The second-order valence-corrected chi connectivity index (χ2v) is 4.40. The summed E-state index contributed by atoms with van der Waals surface area (Å²) in [6.07, 6.45) is 2.79. The molecule has 2 N–H and O–H groups in total. The maximum absolute atomic E-state index is 10.5. The number of aliphatic hydroxyl groups excluding tert-OH is 1. The Kier molecular flexibility index (Phi) is 6.64. The number of nitrogens with one attached hydrogen (secondary N) is 1. The number of hydrogen-bond donors (Lipinski definition) is 2. The van der Waals surface area contributed by atoms with E-state index in [2.05, 4.69) is 5.32 Å². The van der Waals surface area contributed by atoms with Crippen molar-refractivity contribution in [3.8, 4) is 0 Å². The van der Waals surface area contributed by atoms with E-state index >= 15 is 0 Å². The number of hydrogen-bond acceptors (Lipinski definition) is 4. The van der Waals surface area contributed by atoms with Crippen molar-refractivity contribution in [1.29, 1.82) is 0 Å². The van der Waals surface area contributed by atoms with Crippen molar-refractivity contribution in [3.63, 3.8) is 0 Å². The van der Waals surface area contributed by atoms with Crippen LogP contribution in [0, 0.1) is 10.1 Å². The van der Waals surface area contributed by atoms with Gasteiger partial charge in [-0.15, -0.1) is 0 Å². The zero-order chi connectivity index (χ0) is 13.4. The molecule has 1 rings (SSSR count). The van der Waals surface area contributed by atoms with Crippen molar-refractivity contribution in [1.82, 2.24) is 5.32 Å². The maximum atomic E-state index is 10.5. The smallest absolute Gasteiger partial charge is 0.270 e. The van der Waals surface area contributed by atoms with Gasteiger partial charge in [-0.1, -0.05) is 11.6 Å². The Bertz CT molecular complexity index is 399. The molecule has 0 saturated heterocycles. The van der Waals surface area contributed by atoms with E-state index in [-0.39, 0.29) is 12.3 Å². The zero-order valence-corrected chi connectivity index (χ0v) is 10.8. The minimum Gasteiger partial charge on any atom is -0.396 e. The predicted octanol–water partition coefficient (Wildman–Crippen LogP) is 2.50. The summed E-state index contributed by atoms with van der Waals surface area (Å²) in [5.74, 6) is 0. The summed E-state index contributed by atoms with van der Waals surface area (Å²) < 4.78 is 0. The highest BCUT2D eigenvalue weighted by molar-refractivity contribution is 6.31. The Labute approximate surface area is 111 Å². The van der Waals surface area contributed by atoms with E-state index < -0.39 is 4.92 Å². The quantitative estimate of drug-likeness (QED) is 0.433. The first-order chi connectivity index (χ1) is 8.65. The van der Waals surface area contributed by atoms with E-state index in [0.29, 0.717) is 11.6 Å². The summed E-state index contributed by atoms with van der Waals surface area (Å²) >= 11 is 5.96. The largest absolute Gasteiger partial charge is 0.396 e. The molecule has 100 valence electrons. The van der Waals surface area contributed by atoms with Gasteiger partial charge in [0.25, 0.3) is 5.69 Å². The average Bonchev–Trinajstić information content (AvgIpc) is 2.35. The van der Waals surface area contributed by atoms with Crippen molar-refractivity contribution in [2.45, 2.75) is 25.8 Å². The highest BCUT2D eigenvalue weighted by Gasteiger charge is 2.08. The lowest BCUT2D eigenvalue weighted by molar-refractivity contribution is -0.384. The Morgan fingerprint density at radius 1 is 1.33 bits per heavy atom. The molecular formula is C12H17ClN2O3. The van der Waals surface area contributed by atoms with Crippen LogP contribution in [0.4, 0.5) is 5.69 Å². The number of aliphatic hydroxyl groups is 1. The number of unbranched alkanes of at least 4 members (excludes halogenated alkanes) is 2. The molecule has 1 aromatic rings. The van der Waals surface area contributed by atoms with Crippen LogP contribution >= 0.6 is 11.6 Å². The van der Waals surface area contributed by atoms with E-state index in [1.54, 1.807) is 6.07 Å². The van der Waals surface area contributed by atoms with Crippen LogP contribution < -0.4 is 5.32 Å². The third kappa shape index (κ3) is 5.00. The molecule has 0 radical (unpaired) electrons. The molecule has 0 amide bonds. The lowest BCUT2D eigenvalue weighted by Gasteiger charge is -2.06. The summed E-state index contributed by atoms with van der Waals surface area (Å²) in [5.41, 5.74) is 0.858. The van der Waals surface area contributed by atoms with Gasteiger partial charge in [-0.3, -0.25) is 10.1 Å². The van der Waals surface area contributed by atoms with Crippen molar-refractivity contribution in [2.75, 3.05) is 13.2 Å². The van der Waals surface area contributed by atoms with Gasteiger partial charge >= 0.3 is 0 Å². The van der Waals surface area contributed by atoms with Crippen molar-refractivity contribution in [2.24, 2.45) is 0 Å². The number of non-ortho nitro benzene ring substituents is 1. The number of nitrogens with zero attached hydrogens (tertiary/aromatic N) is 1. The standard InChI is InChI=1S/C12H17ClN2O3/c13-12-8-11(15(17)18)5-4-10(12)9-14-6-2-1-3-7-16/h4-5,8,14,16H,1-3,6-7,9H2. The van der Waals surface area contributed by atoms with Crippen molar-refractivity contribution in [3.05, 3.63) is 38.9 Å². The molecule has 0 aliphatic heterocycles. The third-order valence-electron chi connectivity index (χ3n) is 2.57. The summed E-state index contributed by atoms with van der Waals surface area (Å²) in [4.78, 5) is 10.1. The molecule has 0 atom stereocenters. The van der Waals surface area contributed by atoms with E-state index in [0.717, 1.165) is 31.4 Å². The topological polar surface area (TPSA) is 75.4 Å². The first-order valence-electron chi connectivity index (χ1n) is 5.89. The SMILES string of the molecule is O=[N+]([O-])c1ccc(CNCCCCCO)c(Cl)c1. The minimum atomic E-state index is -0.460. The predicted molar refractivity (Wildman–Crippen MR) is 70.7 cm³/mol. The van der Waals surface area contributed by atoms with Crippen LogP contribution in [0.25, 0.3) is 0 Å². The molecule has 0 bridgehead atoms. The lowest BCUT2D eigenvalue weighted by atomic mass is 10.2. The van der Waals surface area contributed by atoms with Crippen LogP contribution in [0.1, 0.15) is 24.8 Å². The molecule has 5 nitrogen and oxygen atoms in total. The minimum absolute atomic E-state index is 0.00620. The average molecular weight is 273 g/mol. The van der Waals surface area contributed by atoms with E-state index in [9.17, 15) is 10.1 Å². The first-order valence-corrected chi connectivity index (χ1v) is 6.27. The second kappa shape index (κ2) is 8.02. The summed E-state index contributed by atoms with van der Waals surface area (Å²) in [6.45, 7) is 1.66. The molecule has 0 saturated carbocycles. The van der Waals surface area contributed by atoms with Gasteiger partial charge in [0.05, 0.1) is 9.95 Å². The molecule has 0 aromatic heterocycles. The van der Waals surface area contributed by atoms with Crippen LogP contribution in [0.15, 0.2) is 18.2 Å². The Morgan fingerprint density at radius 3 is 2.72 bits per heavy atom. The fraction of sp³-hybridized carbons (Fsp3) is 0.500. The highest BCUT2D eigenvalue weighted by atomic mass is 35.5. The van der Waals surface area contributed by atoms with Gasteiger partial charge in [0.2, 0.25) is 0 Å². The Morgan fingerprint density at radius 2 is 2.11 bits per heavy atom. The fourth-order valence-electron chi connectivity index (χ4n) is 1.55. The number of rotatable bonds is 8. The van der Waals surface area contributed by atoms with Crippen LogP contribution in [-0.4, -0.2) is 23.2 Å². The molecular weight excluding hydrogens is 256 g/mol. The highest BCUT2D eigenvalue weighted by Crippen LogP contribution is 2.22. The molecule has 18 heavy (non-hydrogen) atoms. The van der Waals surface area contributed by atoms with Gasteiger partial charge in [-0.05, 0) is 37.4 Å². The van der Waals surface area contributed by atoms with E-state index in [1.807, 2.05) is 0 Å². The molecule has 0 heterocycles. The molecule has 6 heteroatoms. The van der Waals surface area contributed by atoms with Crippen LogP contribution in [0.3, 0.4) is 0 Å². The van der Waals surface area contributed by atoms with Gasteiger partial charge in [-0.2, -0.15) is 0 Å². The molecule has 0 aliphatic carbocycles. The lowest BCUT2D eigenvalue weighted by Crippen LogP contribution is -2.15. The van der Waals surface area contributed by atoms with Gasteiger partial charge in [0.1, 0.15) is 0 Å². The van der Waals surface area contributed by atoms with Gasteiger partial charge in [-0.25, -0.2) is 0 Å². The molecule has 0 unspecified atom stereocenters. The Hall–Kier alpha value is -1.17. The molecule has 0 spiro atoms. The van der Waals surface area contributed by atoms with Gasteiger partial charge in [0, 0.05) is 25.3 Å². The van der Waals surface area contributed by atoms with Gasteiger partial charge in [0.15, 0.2) is 0 Å². The normalized spacial score (nSPS) is 10.6. The first kappa shape index (κ1) is 14.9. The zero-order valence-electron chi connectivity index (χ0n) is 10.1. The number of nitro benzene ring substituents is 1. The summed E-state index contributed by atoms with van der Waals surface area (Å²) in [5, 5.41) is 22.8. The Balaban J connectivity index is 2.36. The van der Waals surface area contributed by atoms with Gasteiger partial charge < -0.3 is 10.4 Å². The number of benzene rings is 1. The summed E-state index contributed by atoms with van der Waals surface area (Å²) in [6, 6.07) is 4.49. The maximum Gasteiger partial charge on any atom is 0.270 e. The fourth-order valence-corrected chi connectivity index (χ4v) is 1.80. The van der Waals surface area contributed by atoms with Crippen molar-refractivity contribution < 1.29 is 10.0 Å². The van der Waals surface area contributed by atoms with Crippen LogP contribution in [-0.2, 0) is 6.54 Å². The summed E-state index contributed by atoms with van der Waals surface area (Å²) in [7, 11) is 0. The molecule has 0 aliphatic rings. The third-order valence-corrected chi connectivity index (χ3v) is 2.93.